The molecule has 2 rings (SSSR count). The van der Waals surface area contributed by atoms with Crippen LogP contribution in [-0.2, 0) is 24.2 Å². The second-order valence-electron chi connectivity index (χ2n) is 4.66. The summed E-state index contributed by atoms with van der Waals surface area (Å²) in [6.45, 7) is 4.24. The zero-order chi connectivity index (χ0) is 14.7. The predicted octanol–water partition coefficient (Wildman–Crippen LogP) is 2.45. The fourth-order valence-corrected chi connectivity index (χ4v) is 3.11. The maximum Gasteiger partial charge on any atom is 0.305 e. The first kappa shape index (κ1) is 14.7. The Balaban J connectivity index is 2.56. The lowest BCUT2D eigenvalue weighted by molar-refractivity contribution is -0.137. The SMILES string of the molecule is CCCc1nc2sc(CC)cc2c(=O)n1CCC(=O)O. The van der Waals surface area contributed by atoms with E-state index in [-0.39, 0.29) is 18.5 Å². The van der Waals surface area contributed by atoms with E-state index in [1.807, 2.05) is 19.9 Å². The van der Waals surface area contributed by atoms with Crippen LogP contribution in [0.15, 0.2) is 10.9 Å². The predicted molar refractivity (Wildman–Crippen MR) is 79.5 cm³/mol. The molecule has 2 aromatic rings. The normalized spacial score (nSPS) is 11.1. The summed E-state index contributed by atoms with van der Waals surface area (Å²) in [7, 11) is 0. The van der Waals surface area contributed by atoms with Crippen molar-refractivity contribution in [2.75, 3.05) is 0 Å². The van der Waals surface area contributed by atoms with E-state index in [9.17, 15) is 9.59 Å². The van der Waals surface area contributed by atoms with Crippen LogP contribution in [0.1, 0.15) is 37.4 Å². The quantitative estimate of drug-likeness (QED) is 0.888. The summed E-state index contributed by atoms with van der Waals surface area (Å²) in [5, 5.41) is 9.42. The van der Waals surface area contributed by atoms with Crippen LogP contribution in [0.2, 0.25) is 0 Å². The van der Waals surface area contributed by atoms with Crippen LogP contribution in [-0.4, -0.2) is 20.6 Å². The standard InChI is InChI=1S/C14H18N2O3S/c1-3-5-11-15-13-10(8-9(4-2)20-13)14(19)16(11)7-6-12(17)18/h8H,3-7H2,1-2H3,(H,17,18). The average Bonchev–Trinajstić information content (AvgIpc) is 2.82. The van der Waals surface area contributed by atoms with Gasteiger partial charge in [0.25, 0.3) is 5.56 Å². The van der Waals surface area contributed by atoms with Gasteiger partial charge in [0.1, 0.15) is 10.7 Å². The highest BCUT2D eigenvalue weighted by molar-refractivity contribution is 7.18. The van der Waals surface area contributed by atoms with Crippen LogP contribution in [0.5, 0.6) is 0 Å². The first-order chi connectivity index (χ1) is 9.56. The van der Waals surface area contributed by atoms with Crippen molar-refractivity contribution in [3.05, 3.63) is 27.1 Å². The molecule has 5 nitrogen and oxygen atoms in total. The Bertz CT molecular complexity index is 688. The third-order valence-electron chi connectivity index (χ3n) is 3.15. The van der Waals surface area contributed by atoms with Crippen molar-refractivity contribution in [3.8, 4) is 0 Å². The topological polar surface area (TPSA) is 72.2 Å². The third kappa shape index (κ3) is 2.90. The number of carbonyl (C=O) groups is 1. The monoisotopic (exact) mass is 294 g/mol. The number of carboxylic acids is 1. The number of carboxylic acid groups (broad SMARTS) is 1. The first-order valence-corrected chi connectivity index (χ1v) is 7.62. The summed E-state index contributed by atoms with van der Waals surface area (Å²) >= 11 is 1.54. The Labute approximate surface area is 120 Å². The molecule has 6 heteroatoms. The molecule has 0 unspecified atom stereocenters. The number of hydrogen-bond acceptors (Lipinski definition) is 4. The van der Waals surface area contributed by atoms with Gasteiger partial charge >= 0.3 is 5.97 Å². The van der Waals surface area contributed by atoms with E-state index in [4.69, 9.17) is 5.11 Å². The molecule has 0 aliphatic rings. The van der Waals surface area contributed by atoms with Gasteiger partial charge in [0.2, 0.25) is 0 Å². The van der Waals surface area contributed by atoms with Crippen LogP contribution in [0.4, 0.5) is 0 Å². The molecule has 0 fully saturated rings. The molecule has 0 aromatic carbocycles. The second-order valence-corrected chi connectivity index (χ2v) is 5.78. The number of fused-ring (bicyclic) bond motifs is 1. The molecule has 1 N–H and O–H groups in total. The Hall–Kier alpha value is -1.69. The zero-order valence-electron chi connectivity index (χ0n) is 11.7. The van der Waals surface area contributed by atoms with Gasteiger partial charge in [-0.15, -0.1) is 11.3 Å². The van der Waals surface area contributed by atoms with Gasteiger partial charge in [-0.3, -0.25) is 14.2 Å². The minimum absolute atomic E-state index is 0.0609. The largest absolute Gasteiger partial charge is 0.481 e. The van der Waals surface area contributed by atoms with E-state index < -0.39 is 5.97 Å². The lowest BCUT2D eigenvalue weighted by Gasteiger charge is -2.10. The molecule has 0 radical (unpaired) electrons. The number of hydrogen-bond donors (Lipinski definition) is 1. The lowest BCUT2D eigenvalue weighted by Crippen LogP contribution is -2.26. The molecule has 2 aromatic heterocycles. The van der Waals surface area contributed by atoms with Gasteiger partial charge in [-0.2, -0.15) is 0 Å². The number of aryl methyl sites for hydroxylation is 2. The summed E-state index contributed by atoms with van der Waals surface area (Å²) in [4.78, 5) is 29.7. The van der Waals surface area contributed by atoms with Crippen molar-refractivity contribution in [1.82, 2.24) is 9.55 Å². The number of aromatic nitrogens is 2. The first-order valence-electron chi connectivity index (χ1n) is 6.80. The molecule has 0 atom stereocenters. The Kier molecular flexibility index (Phi) is 4.54. The van der Waals surface area contributed by atoms with E-state index in [2.05, 4.69) is 4.98 Å². The van der Waals surface area contributed by atoms with Crippen LogP contribution < -0.4 is 5.56 Å². The molecular weight excluding hydrogens is 276 g/mol. The highest BCUT2D eigenvalue weighted by Crippen LogP contribution is 2.22. The molecule has 0 saturated heterocycles. The van der Waals surface area contributed by atoms with Gasteiger partial charge in [0, 0.05) is 17.8 Å². The molecule has 0 spiro atoms. The number of aliphatic carboxylic acids is 1. The summed E-state index contributed by atoms with van der Waals surface area (Å²) in [6, 6.07) is 1.88. The summed E-state index contributed by atoms with van der Waals surface area (Å²) in [6.07, 6.45) is 2.37. The van der Waals surface area contributed by atoms with E-state index in [1.165, 1.54) is 4.57 Å². The maximum atomic E-state index is 12.5. The van der Waals surface area contributed by atoms with Gasteiger partial charge in [0.05, 0.1) is 11.8 Å². The molecule has 2 heterocycles. The molecule has 0 saturated carbocycles. The molecule has 0 aliphatic heterocycles. The minimum Gasteiger partial charge on any atom is -0.481 e. The Morgan fingerprint density at radius 1 is 1.45 bits per heavy atom. The zero-order valence-corrected chi connectivity index (χ0v) is 12.5. The van der Waals surface area contributed by atoms with Crippen molar-refractivity contribution in [1.29, 1.82) is 0 Å². The molecule has 20 heavy (non-hydrogen) atoms. The smallest absolute Gasteiger partial charge is 0.305 e. The summed E-state index contributed by atoms with van der Waals surface area (Å²) in [5.41, 5.74) is -0.115. The molecule has 108 valence electrons. The lowest BCUT2D eigenvalue weighted by atomic mass is 10.2. The molecule has 0 amide bonds. The van der Waals surface area contributed by atoms with E-state index in [0.717, 1.165) is 22.5 Å². The minimum atomic E-state index is -0.904. The molecule has 0 bridgehead atoms. The number of nitrogens with zero attached hydrogens (tertiary/aromatic N) is 2. The third-order valence-corrected chi connectivity index (χ3v) is 4.33. The van der Waals surface area contributed by atoms with Crippen LogP contribution in [0.25, 0.3) is 10.2 Å². The van der Waals surface area contributed by atoms with Gasteiger partial charge in [-0.1, -0.05) is 13.8 Å². The fourth-order valence-electron chi connectivity index (χ4n) is 2.13. The van der Waals surface area contributed by atoms with Crippen molar-refractivity contribution >= 4 is 27.5 Å². The number of thiophene rings is 1. The maximum absolute atomic E-state index is 12.5. The van der Waals surface area contributed by atoms with Gasteiger partial charge in [0.15, 0.2) is 0 Å². The van der Waals surface area contributed by atoms with Crippen molar-refractivity contribution in [3.63, 3.8) is 0 Å². The van der Waals surface area contributed by atoms with Crippen LogP contribution >= 0.6 is 11.3 Å². The highest BCUT2D eigenvalue weighted by Gasteiger charge is 2.14. The fraction of sp³-hybridized carbons (Fsp3) is 0.500. The van der Waals surface area contributed by atoms with E-state index in [0.29, 0.717) is 17.6 Å². The van der Waals surface area contributed by atoms with Crippen molar-refractivity contribution in [2.24, 2.45) is 0 Å². The Morgan fingerprint density at radius 2 is 2.20 bits per heavy atom. The van der Waals surface area contributed by atoms with Gasteiger partial charge in [-0.05, 0) is 18.9 Å². The van der Waals surface area contributed by atoms with Gasteiger partial charge < -0.3 is 5.11 Å². The summed E-state index contributed by atoms with van der Waals surface area (Å²) < 4.78 is 1.52. The van der Waals surface area contributed by atoms with Crippen LogP contribution in [0, 0.1) is 0 Å². The molecule has 0 aliphatic carbocycles. The molecular formula is C14H18N2O3S. The van der Waals surface area contributed by atoms with Crippen molar-refractivity contribution in [2.45, 2.75) is 46.1 Å². The average molecular weight is 294 g/mol. The summed E-state index contributed by atoms with van der Waals surface area (Å²) in [5.74, 6) is -0.213. The van der Waals surface area contributed by atoms with Crippen LogP contribution in [0.3, 0.4) is 0 Å². The highest BCUT2D eigenvalue weighted by atomic mass is 32.1. The van der Waals surface area contributed by atoms with E-state index >= 15 is 0 Å². The van der Waals surface area contributed by atoms with Gasteiger partial charge in [-0.25, -0.2) is 4.98 Å². The van der Waals surface area contributed by atoms with Crippen molar-refractivity contribution < 1.29 is 9.90 Å². The second kappa shape index (κ2) is 6.17. The number of rotatable bonds is 6. The van der Waals surface area contributed by atoms with E-state index in [1.54, 1.807) is 11.3 Å². The Morgan fingerprint density at radius 3 is 2.80 bits per heavy atom.